The highest BCUT2D eigenvalue weighted by Gasteiger charge is 2.07. The third-order valence-electron chi connectivity index (χ3n) is 3.31. The van der Waals surface area contributed by atoms with E-state index in [4.69, 9.17) is 4.42 Å². The first-order chi connectivity index (χ1) is 10.7. The molecule has 0 atom stereocenters. The highest BCUT2D eigenvalue weighted by atomic mass is 16.4. The third-order valence-corrected chi connectivity index (χ3v) is 3.31. The fraction of sp³-hybridized carbons (Fsp3) is 0.176. The second-order valence-electron chi connectivity index (χ2n) is 4.96. The van der Waals surface area contributed by atoms with Gasteiger partial charge >= 0.3 is 0 Å². The summed E-state index contributed by atoms with van der Waals surface area (Å²) in [5.41, 5.74) is 2.96. The molecule has 112 valence electrons. The fourth-order valence-corrected chi connectivity index (χ4v) is 2.09. The molecule has 22 heavy (non-hydrogen) atoms. The molecule has 0 bridgehead atoms. The second kappa shape index (κ2) is 6.30. The van der Waals surface area contributed by atoms with E-state index >= 15 is 0 Å². The van der Waals surface area contributed by atoms with E-state index in [9.17, 15) is 5.11 Å². The van der Waals surface area contributed by atoms with E-state index in [-0.39, 0.29) is 5.75 Å². The first-order valence-corrected chi connectivity index (χ1v) is 7.19. The Hall–Kier alpha value is -2.82. The molecule has 0 fully saturated rings. The van der Waals surface area contributed by atoms with Crippen LogP contribution in [0.2, 0.25) is 0 Å². The third kappa shape index (κ3) is 3.25. The number of phenolic OH excluding ortho intramolecular Hbond substituents is 1. The summed E-state index contributed by atoms with van der Waals surface area (Å²) in [6, 6.07) is 15.0. The van der Waals surface area contributed by atoms with Crippen molar-refractivity contribution in [2.45, 2.75) is 19.9 Å². The van der Waals surface area contributed by atoms with Crippen molar-refractivity contribution >= 4 is 5.69 Å². The molecule has 5 nitrogen and oxygen atoms in total. The zero-order chi connectivity index (χ0) is 15.4. The average Bonchev–Trinajstić information content (AvgIpc) is 3.04. The molecule has 0 aliphatic heterocycles. The van der Waals surface area contributed by atoms with Gasteiger partial charge in [0.1, 0.15) is 5.75 Å². The van der Waals surface area contributed by atoms with Crippen molar-refractivity contribution < 1.29 is 9.52 Å². The molecule has 2 aromatic carbocycles. The fourth-order valence-electron chi connectivity index (χ4n) is 2.09. The highest BCUT2D eigenvalue weighted by molar-refractivity contribution is 5.61. The normalized spacial score (nSPS) is 10.6. The molecule has 1 aromatic heterocycles. The molecule has 0 aliphatic carbocycles. The first-order valence-electron chi connectivity index (χ1n) is 7.19. The highest BCUT2D eigenvalue weighted by Crippen LogP contribution is 2.22. The van der Waals surface area contributed by atoms with Gasteiger partial charge in [0.25, 0.3) is 0 Å². The average molecular weight is 295 g/mol. The number of hydrogen-bond acceptors (Lipinski definition) is 5. The molecule has 0 saturated heterocycles. The molecule has 5 heteroatoms. The van der Waals surface area contributed by atoms with Crippen molar-refractivity contribution in [3.05, 3.63) is 60.0 Å². The van der Waals surface area contributed by atoms with Crippen molar-refractivity contribution in [3.8, 4) is 17.2 Å². The van der Waals surface area contributed by atoms with Gasteiger partial charge in [0.05, 0.1) is 0 Å². The standard InChI is InChI=1S/C17H17N3O2/c1-2-16-19-20-17(22-16)13-4-3-5-14(10-13)18-11-12-6-8-15(21)9-7-12/h3-10,18,21H,2,11H2,1H3. The summed E-state index contributed by atoms with van der Waals surface area (Å²) in [5, 5.41) is 20.7. The maximum Gasteiger partial charge on any atom is 0.247 e. The quantitative estimate of drug-likeness (QED) is 0.752. The van der Waals surface area contributed by atoms with Gasteiger partial charge in [-0.2, -0.15) is 0 Å². The lowest BCUT2D eigenvalue weighted by atomic mass is 10.2. The summed E-state index contributed by atoms with van der Waals surface area (Å²) in [4.78, 5) is 0. The van der Waals surface area contributed by atoms with Crippen LogP contribution in [-0.2, 0) is 13.0 Å². The number of anilines is 1. The number of benzene rings is 2. The molecular weight excluding hydrogens is 278 g/mol. The summed E-state index contributed by atoms with van der Waals surface area (Å²) < 4.78 is 5.57. The predicted molar refractivity (Wildman–Crippen MR) is 84.5 cm³/mol. The van der Waals surface area contributed by atoms with Crippen molar-refractivity contribution in [2.75, 3.05) is 5.32 Å². The lowest BCUT2D eigenvalue weighted by Gasteiger charge is -2.07. The van der Waals surface area contributed by atoms with Crippen molar-refractivity contribution in [1.82, 2.24) is 10.2 Å². The molecule has 3 rings (SSSR count). The first kappa shape index (κ1) is 14.1. The van der Waals surface area contributed by atoms with Crippen LogP contribution in [0.3, 0.4) is 0 Å². The van der Waals surface area contributed by atoms with Crippen molar-refractivity contribution in [1.29, 1.82) is 0 Å². The second-order valence-corrected chi connectivity index (χ2v) is 4.96. The van der Waals surface area contributed by atoms with E-state index in [1.165, 1.54) is 0 Å². The summed E-state index contributed by atoms with van der Waals surface area (Å²) >= 11 is 0. The summed E-state index contributed by atoms with van der Waals surface area (Å²) in [6.07, 6.45) is 0.728. The Morgan fingerprint density at radius 3 is 2.64 bits per heavy atom. The Morgan fingerprint density at radius 1 is 1.09 bits per heavy atom. The van der Waals surface area contributed by atoms with Crippen LogP contribution < -0.4 is 5.32 Å². The Balaban J connectivity index is 1.72. The maximum atomic E-state index is 9.28. The van der Waals surface area contributed by atoms with Gasteiger partial charge in [0, 0.05) is 24.2 Å². The van der Waals surface area contributed by atoms with E-state index in [1.807, 2.05) is 43.3 Å². The van der Waals surface area contributed by atoms with Crippen LogP contribution in [0.4, 0.5) is 5.69 Å². The largest absolute Gasteiger partial charge is 0.508 e. The van der Waals surface area contributed by atoms with Crippen LogP contribution in [0.25, 0.3) is 11.5 Å². The number of aromatic hydroxyl groups is 1. The van der Waals surface area contributed by atoms with Gasteiger partial charge in [0.15, 0.2) is 0 Å². The van der Waals surface area contributed by atoms with E-state index < -0.39 is 0 Å². The van der Waals surface area contributed by atoms with Crippen LogP contribution in [0, 0.1) is 0 Å². The Kier molecular flexibility index (Phi) is 4.05. The molecule has 3 aromatic rings. The molecule has 0 spiro atoms. The lowest BCUT2D eigenvalue weighted by molar-refractivity contribution is 0.475. The summed E-state index contributed by atoms with van der Waals surface area (Å²) in [6.45, 7) is 2.65. The van der Waals surface area contributed by atoms with Crippen LogP contribution in [0.5, 0.6) is 5.75 Å². The number of hydrogen-bond donors (Lipinski definition) is 2. The SMILES string of the molecule is CCc1nnc(-c2cccc(NCc3ccc(O)cc3)c2)o1. The Morgan fingerprint density at radius 2 is 1.91 bits per heavy atom. The molecule has 0 amide bonds. The van der Waals surface area contributed by atoms with Crippen LogP contribution >= 0.6 is 0 Å². The van der Waals surface area contributed by atoms with Gasteiger partial charge in [-0.15, -0.1) is 10.2 Å². The molecule has 2 N–H and O–H groups in total. The van der Waals surface area contributed by atoms with E-state index in [0.717, 1.165) is 23.2 Å². The monoisotopic (exact) mass is 295 g/mol. The molecule has 1 heterocycles. The van der Waals surface area contributed by atoms with Crippen LogP contribution in [0.15, 0.2) is 52.9 Å². The topological polar surface area (TPSA) is 71.2 Å². The summed E-state index contributed by atoms with van der Waals surface area (Å²) in [5.74, 6) is 1.44. The number of rotatable bonds is 5. The van der Waals surface area contributed by atoms with Crippen LogP contribution in [-0.4, -0.2) is 15.3 Å². The zero-order valence-corrected chi connectivity index (χ0v) is 12.3. The number of aromatic nitrogens is 2. The van der Waals surface area contributed by atoms with Gasteiger partial charge in [-0.3, -0.25) is 0 Å². The minimum atomic E-state index is 0.272. The molecular formula is C17H17N3O2. The van der Waals surface area contributed by atoms with Gasteiger partial charge in [-0.05, 0) is 35.9 Å². The maximum absolute atomic E-state index is 9.28. The number of aryl methyl sites for hydroxylation is 1. The smallest absolute Gasteiger partial charge is 0.247 e. The molecule has 0 unspecified atom stereocenters. The van der Waals surface area contributed by atoms with E-state index in [0.29, 0.717) is 18.3 Å². The number of nitrogens with zero attached hydrogens (tertiary/aromatic N) is 2. The number of phenols is 1. The number of nitrogens with one attached hydrogen (secondary N) is 1. The van der Waals surface area contributed by atoms with Gasteiger partial charge < -0.3 is 14.8 Å². The molecule has 0 radical (unpaired) electrons. The van der Waals surface area contributed by atoms with Crippen LogP contribution in [0.1, 0.15) is 18.4 Å². The van der Waals surface area contributed by atoms with Gasteiger partial charge in [-0.1, -0.05) is 25.1 Å². The van der Waals surface area contributed by atoms with Gasteiger partial charge in [0.2, 0.25) is 11.8 Å². The molecule has 0 aliphatic rings. The van der Waals surface area contributed by atoms with Crippen molar-refractivity contribution in [3.63, 3.8) is 0 Å². The minimum Gasteiger partial charge on any atom is -0.508 e. The zero-order valence-electron chi connectivity index (χ0n) is 12.3. The molecule has 0 saturated carbocycles. The Labute approximate surface area is 128 Å². The van der Waals surface area contributed by atoms with E-state index in [1.54, 1.807) is 12.1 Å². The lowest BCUT2D eigenvalue weighted by Crippen LogP contribution is -1.99. The minimum absolute atomic E-state index is 0.272. The van der Waals surface area contributed by atoms with Gasteiger partial charge in [-0.25, -0.2) is 0 Å². The summed E-state index contributed by atoms with van der Waals surface area (Å²) in [7, 11) is 0. The Bertz CT molecular complexity index is 751. The predicted octanol–water partition coefficient (Wildman–Crippen LogP) is 3.62. The van der Waals surface area contributed by atoms with E-state index in [2.05, 4.69) is 15.5 Å². The van der Waals surface area contributed by atoms with Crippen molar-refractivity contribution in [2.24, 2.45) is 0 Å².